The van der Waals surface area contributed by atoms with Gasteiger partial charge in [-0.3, -0.25) is 4.79 Å². The summed E-state index contributed by atoms with van der Waals surface area (Å²) in [7, 11) is 0. The number of alkyl halides is 2. The maximum atomic E-state index is 13.2. The second-order valence-corrected chi connectivity index (χ2v) is 7.37. The Morgan fingerprint density at radius 2 is 1.79 bits per heavy atom. The molecule has 0 radical (unpaired) electrons. The zero-order chi connectivity index (χ0) is 19.5. The summed E-state index contributed by atoms with van der Waals surface area (Å²) >= 11 is 0.509. The molecular weight excluding hydrogens is 382 g/mol. The lowest BCUT2D eigenvalue weighted by Crippen LogP contribution is -2.42. The number of amides is 1. The number of hydrogen-bond donors (Lipinski definition) is 1. The van der Waals surface area contributed by atoms with Crippen LogP contribution in [0.3, 0.4) is 0 Å². The van der Waals surface area contributed by atoms with Crippen LogP contribution in [0.15, 0.2) is 71.1 Å². The van der Waals surface area contributed by atoms with Crippen molar-refractivity contribution in [3.05, 3.63) is 89.4 Å². The van der Waals surface area contributed by atoms with E-state index in [1.165, 1.54) is 0 Å². The fraction of sp³-hybridized carbons (Fsp3) is 0.190. The normalized spacial score (nSPS) is 16.2. The average molecular weight is 400 g/mol. The molecule has 1 atom stereocenters. The Kier molecular flexibility index (Phi) is 5.34. The van der Waals surface area contributed by atoms with Crippen LogP contribution in [0.5, 0.6) is 0 Å². The Hall–Kier alpha value is -2.80. The first-order valence-electron chi connectivity index (χ1n) is 8.80. The fourth-order valence-corrected chi connectivity index (χ4v) is 3.67. The molecule has 3 aromatic rings. The molecule has 28 heavy (non-hydrogen) atoms. The molecule has 0 fully saturated rings. The first kappa shape index (κ1) is 18.6. The summed E-state index contributed by atoms with van der Waals surface area (Å²) in [5.41, 5.74) is 2.30. The number of halogens is 2. The maximum absolute atomic E-state index is 13.2. The van der Waals surface area contributed by atoms with E-state index in [2.05, 4.69) is 5.32 Å². The molecule has 0 saturated carbocycles. The molecule has 1 aromatic heterocycles. The van der Waals surface area contributed by atoms with Gasteiger partial charge in [0, 0.05) is 12.2 Å². The summed E-state index contributed by atoms with van der Waals surface area (Å²) < 4.78 is 30.7. The molecular formula is C21H18F2N2O2S. The lowest BCUT2D eigenvalue weighted by molar-refractivity contribution is 0.0644. The molecule has 0 spiro atoms. The molecule has 2 heterocycles. The van der Waals surface area contributed by atoms with Crippen molar-refractivity contribution in [3.63, 3.8) is 0 Å². The van der Waals surface area contributed by atoms with E-state index in [1.54, 1.807) is 23.1 Å². The van der Waals surface area contributed by atoms with E-state index < -0.39 is 11.9 Å². The van der Waals surface area contributed by atoms with Crippen molar-refractivity contribution < 1.29 is 18.0 Å². The summed E-state index contributed by atoms with van der Waals surface area (Å²) in [6.07, 6.45) is -0.520. The third kappa shape index (κ3) is 3.89. The predicted molar refractivity (Wildman–Crippen MR) is 105 cm³/mol. The van der Waals surface area contributed by atoms with Gasteiger partial charge in [-0.15, -0.1) is 0 Å². The molecule has 1 N–H and O–H groups in total. The van der Waals surface area contributed by atoms with E-state index in [1.807, 2.05) is 48.5 Å². The number of nitrogens with zero attached hydrogens (tertiary/aromatic N) is 1. The van der Waals surface area contributed by atoms with Crippen molar-refractivity contribution in [2.24, 2.45) is 0 Å². The summed E-state index contributed by atoms with van der Waals surface area (Å²) in [6, 6.07) is 20.4. The van der Waals surface area contributed by atoms with Gasteiger partial charge >= 0.3 is 0 Å². The Morgan fingerprint density at radius 1 is 1.04 bits per heavy atom. The highest BCUT2D eigenvalue weighted by Crippen LogP contribution is 2.35. The van der Waals surface area contributed by atoms with Gasteiger partial charge < -0.3 is 14.6 Å². The standard InChI is InChI=1S/C21H18F2N2O2S/c22-21(23)28-13-15-10-11-18(27-15)19-24-17-9-5-4-8-16(17)20(26)25(19)12-14-6-2-1-3-7-14/h1-11,19,21,24H,12-13H2/t19-/m1/s1. The van der Waals surface area contributed by atoms with Gasteiger partial charge in [0.2, 0.25) is 0 Å². The monoisotopic (exact) mass is 400 g/mol. The highest BCUT2D eigenvalue weighted by molar-refractivity contribution is 7.98. The first-order chi connectivity index (χ1) is 13.6. The van der Waals surface area contributed by atoms with Crippen LogP contribution in [0.4, 0.5) is 14.5 Å². The zero-order valence-electron chi connectivity index (χ0n) is 14.8. The molecule has 1 aliphatic rings. The van der Waals surface area contributed by atoms with E-state index in [0.717, 1.165) is 11.3 Å². The van der Waals surface area contributed by atoms with Crippen LogP contribution < -0.4 is 5.32 Å². The van der Waals surface area contributed by atoms with Crippen LogP contribution in [0.25, 0.3) is 0 Å². The molecule has 0 unspecified atom stereocenters. The minimum atomic E-state index is -2.45. The summed E-state index contributed by atoms with van der Waals surface area (Å²) in [5.74, 6) is -1.52. The number of rotatable bonds is 6. The third-order valence-corrected chi connectivity index (χ3v) is 5.22. The Bertz CT molecular complexity index is 962. The van der Waals surface area contributed by atoms with Crippen molar-refractivity contribution in [3.8, 4) is 0 Å². The van der Waals surface area contributed by atoms with Gasteiger partial charge in [0.05, 0.1) is 11.3 Å². The minimum Gasteiger partial charge on any atom is -0.461 e. The summed E-state index contributed by atoms with van der Waals surface area (Å²) in [4.78, 5) is 14.9. The lowest BCUT2D eigenvalue weighted by Gasteiger charge is -2.36. The van der Waals surface area contributed by atoms with Crippen molar-refractivity contribution in [1.82, 2.24) is 4.90 Å². The molecule has 0 bridgehead atoms. The molecule has 144 valence electrons. The molecule has 0 aliphatic carbocycles. The smallest absolute Gasteiger partial charge is 0.284 e. The number of carbonyl (C=O) groups is 1. The Morgan fingerprint density at radius 3 is 2.57 bits per heavy atom. The number of benzene rings is 2. The predicted octanol–water partition coefficient (Wildman–Crippen LogP) is 5.50. The Labute approximate surface area is 165 Å². The highest BCUT2D eigenvalue weighted by Gasteiger charge is 2.34. The maximum Gasteiger partial charge on any atom is 0.284 e. The number of nitrogens with one attached hydrogen (secondary N) is 1. The van der Waals surface area contributed by atoms with Crippen LogP contribution in [-0.2, 0) is 12.3 Å². The van der Waals surface area contributed by atoms with Crippen molar-refractivity contribution >= 4 is 23.4 Å². The topological polar surface area (TPSA) is 45.5 Å². The second-order valence-electron chi connectivity index (χ2n) is 6.39. The summed E-state index contributed by atoms with van der Waals surface area (Å²) in [6.45, 7) is 0.396. The van der Waals surface area contributed by atoms with Crippen LogP contribution in [0.2, 0.25) is 0 Å². The molecule has 1 aliphatic heterocycles. The van der Waals surface area contributed by atoms with Crippen LogP contribution >= 0.6 is 11.8 Å². The number of carbonyl (C=O) groups excluding carboxylic acids is 1. The molecule has 4 nitrogen and oxygen atoms in total. The van der Waals surface area contributed by atoms with E-state index in [4.69, 9.17) is 4.42 Å². The average Bonchev–Trinajstić information content (AvgIpc) is 3.18. The third-order valence-electron chi connectivity index (χ3n) is 4.52. The van der Waals surface area contributed by atoms with Gasteiger partial charge in [0.1, 0.15) is 11.5 Å². The number of furan rings is 1. The van der Waals surface area contributed by atoms with E-state index >= 15 is 0 Å². The number of hydrogen-bond acceptors (Lipinski definition) is 4. The number of anilines is 1. The van der Waals surface area contributed by atoms with Gasteiger partial charge in [-0.25, -0.2) is 0 Å². The SMILES string of the molecule is O=C1c2ccccc2N[C@@H](c2ccc(CSC(F)F)o2)N1Cc1ccccc1. The largest absolute Gasteiger partial charge is 0.461 e. The quantitative estimate of drug-likeness (QED) is 0.593. The van der Waals surface area contributed by atoms with Crippen molar-refractivity contribution in [2.45, 2.75) is 24.2 Å². The molecule has 1 amide bonds. The Balaban J connectivity index is 1.65. The van der Waals surface area contributed by atoms with Crippen molar-refractivity contribution in [2.75, 3.05) is 5.32 Å². The summed E-state index contributed by atoms with van der Waals surface area (Å²) in [5, 5.41) is 3.35. The molecule has 7 heteroatoms. The second kappa shape index (κ2) is 8.06. The first-order valence-corrected chi connectivity index (χ1v) is 9.85. The lowest BCUT2D eigenvalue weighted by atomic mass is 10.1. The van der Waals surface area contributed by atoms with Crippen LogP contribution in [0.1, 0.15) is 33.6 Å². The zero-order valence-corrected chi connectivity index (χ0v) is 15.7. The van der Waals surface area contributed by atoms with E-state index in [0.29, 0.717) is 35.4 Å². The number of fused-ring (bicyclic) bond motifs is 1. The molecule has 4 rings (SSSR count). The van der Waals surface area contributed by atoms with Gasteiger partial charge in [0.15, 0.2) is 6.17 Å². The minimum absolute atomic E-state index is 0.0770. The molecule has 0 saturated heterocycles. The van der Waals surface area contributed by atoms with E-state index in [-0.39, 0.29) is 11.7 Å². The highest BCUT2D eigenvalue weighted by atomic mass is 32.2. The van der Waals surface area contributed by atoms with Gasteiger partial charge in [0.25, 0.3) is 11.7 Å². The van der Waals surface area contributed by atoms with Crippen LogP contribution in [-0.4, -0.2) is 16.6 Å². The van der Waals surface area contributed by atoms with Gasteiger partial charge in [-0.2, -0.15) is 8.78 Å². The molecule has 2 aromatic carbocycles. The van der Waals surface area contributed by atoms with Crippen molar-refractivity contribution in [1.29, 1.82) is 0 Å². The number of thioether (sulfide) groups is 1. The van der Waals surface area contributed by atoms with Gasteiger partial charge in [-0.05, 0) is 29.8 Å². The van der Waals surface area contributed by atoms with E-state index in [9.17, 15) is 13.6 Å². The van der Waals surface area contributed by atoms with Gasteiger partial charge in [-0.1, -0.05) is 54.2 Å². The fourth-order valence-electron chi connectivity index (χ4n) is 3.22. The number of para-hydroxylation sites is 1. The van der Waals surface area contributed by atoms with Crippen LogP contribution in [0, 0.1) is 0 Å².